The first kappa shape index (κ1) is 18.6. The molecule has 0 aromatic heterocycles. The van der Waals surface area contributed by atoms with Gasteiger partial charge in [-0.3, -0.25) is 0 Å². The first-order chi connectivity index (χ1) is 13.3. The number of cyclic esters (lactones) is 1. The molecular formula is C23H30O5. The van der Waals surface area contributed by atoms with E-state index in [-0.39, 0.29) is 17.3 Å². The van der Waals surface area contributed by atoms with Crippen molar-refractivity contribution in [1.29, 1.82) is 0 Å². The summed E-state index contributed by atoms with van der Waals surface area (Å²) in [6.45, 7) is 2.72. The Morgan fingerprint density at radius 2 is 2.04 bits per heavy atom. The lowest BCUT2D eigenvalue weighted by atomic mass is 9.44. The quantitative estimate of drug-likeness (QED) is 0.433. The van der Waals surface area contributed by atoms with Crippen LogP contribution >= 0.6 is 0 Å². The zero-order valence-electron chi connectivity index (χ0n) is 16.5. The predicted octanol–water partition coefficient (Wildman–Crippen LogP) is 2.70. The van der Waals surface area contributed by atoms with Gasteiger partial charge in [0.15, 0.2) is 0 Å². The van der Waals surface area contributed by atoms with E-state index in [0.717, 1.165) is 37.5 Å². The molecule has 0 bridgehead atoms. The van der Waals surface area contributed by atoms with Crippen LogP contribution in [0.5, 0.6) is 0 Å². The van der Waals surface area contributed by atoms with E-state index < -0.39 is 17.1 Å². The molecule has 5 aliphatic rings. The third kappa shape index (κ3) is 2.26. The Labute approximate surface area is 165 Å². The monoisotopic (exact) mass is 386 g/mol. The minimum atomic E-state index is -1.08. The van der Waals surface area contributed by atoms with Crippen molar-refractivity contribution in [2.75, 3.05) is 6.61 Å². The maximum Gasteiger partial charge on any atom is 0.331 e. The fraction of sp³-hybridized carbons (Fsp3) is 0.739. The Kier molecular flexibility index (Phi) is 3.99. The number of rotatable bonds is 2. The predicted molar refractivity (Wildman–Crippen MR) is 102 cm³/mol. The van der Waals surface area contributed by atoms with Crippen molar-refractivity contribution in [1.82, 2.24) is 0 Å². The highest BCUT2D eigenvalue weighted by Crippen LogP contribution is 2.67. The maximum absolute atomic E-state index is 12.4. The second-order valence-corrected chi connectivity index (χ2v) is 10.1. The summed E-state index contributed by atoms with van der Waals surface area (Å²) in [5, 5.41) is 21.6. The molecule has 5 rings (SSSR count). The number of hydrogen-bond acceptors (Lipinski definition) is 5. The molecule has 152 valence electrons. The Morgan fingerprint density at radius 1 is 1.21 bits per heavy atom. The van der Waals surface area contributed by atoms with Gasteiger partial charge < -0.3 is 19.7 Å². The number of allylic oxidation sites excluding steroid dienone is 2. The SMILES string of the molecule is C[C@]12CC[C@H]3[C@@H](CCC4(O)C[C@@H](O)CC[C@]34C=O)C1=CC[C@@H]2C1=CC(=O)OC1. The van der Waals surface area contributed by atoms with Crippen molar-refractivity contribution in [3.8, 4) is 0 Å². The van der Waals surface area contributed by atoms with Crippen LogP contribution in [0.1, 0.15) is 58.3 Å². The number of ether oxygens (including phenoxy) is 1. The first-order valence-electron chi connectivity index (χ1n) is 10.8. The van der Waals surface area contributed by atoms with Crippen LogP contribution in [0, 0.1) is 28.6 Å². The summed E-state index contributed by atoms with van der Waals surface area (Å²) in [6, 6.07) is 0. The molecule has 3 fully saturated rings. The molecule has 3 saturated carbocycles. The zero-order chi connectivity index (χ0) is 19.7. The molecule has 1 unspecified atom stereocenters. The Bertz CT molecular complexity index is 784. The number of carbonyl (C=O) groups is 2. The molecule has 0 spiro atoms. The average Bonchev–Trinajstić information content (AvgIpc) is 3.23. The van der Waals surface area contributed by atoms with E-state index in [9.17, 15) is 19.8 Å². The lowest BCUT2D eigenvalue weighted by Crippen LogP contribution is -2.64. The van der Waals surface area contributed by atoms with Crippen LogP contribution in [0.15, 0.2) is 23.3 Å². The molecule has 0 saturated heterocycles. The van der Waals surface area contributed by atoms with Crippen molar-refractivity contribution in [2.45, 2.75) is 70.0 Å². The molecule has 0 radical (unpaired) electrons. The summed E-state index contributed by atoms with van der Waals surface area (Å²) in [5.74, 6) is 0.521. The van der Waals surface area contributed by atoms with Gasteiger partial charge in [0, 0.05) is 12.5 Å². The van der Waals surface area contributed by atoms with Crippen LogP contribution < -0.4 is 0 Å². The van der Waals surface area contributed by atoms with Crippen LogP contribution in [0.2, 0.25) is 0 Å². The molecule has 2 N–H and O–H groups in total. The third-order valence-corrected chi connectivity index (χ3v) is 9.07. The van der Waals surface area contributed by atoms with Crippen LogP contribution in [0.4, 0.5) is 0 Å². The van der Waals surface area contributed by atoms with E-state index >= 15 is 0 Å². The fourth-order valence-corrected chi connectivity index (χ4v) is 7.67. The third-order valence-electron chi connectivity index (χ3n) is 9.07. The minimum Gasteiger partial charge on any atom is -0.458 e. The second kappa shape index (κ2) is 6.02. The standard InChI is InChI=1S/C23H30O5/c1-21-7-6-19-16(18(21)3-2-17(21)14-10-20(26)28-12-14)5-9-23(27)11-15(25)4-8-22(19,23)13-24/h3,10,13,15-17,19,25,27H,2,4-9,11-12H2,1H3/t15-,16-,17+,19-,21+,22-,23?/m0/s1. The van der Waals surface area contributed by atoms with E-state index in [2.05, 4.69) is 13.0 Å². The van der Waals surface area contributed by atoms with Crippen LogP contribution in [-0.4, -0.2) is 40.8 Å². The van der Waals surface area contributed by atoms with Crippen molar-refractivity contribution >= 4 is 12.3 Å². The van der Waals surface area contributed by atoms with E-state index in [1.54, 1.807) is 6.08 Å². The van der Waals surface area contributed by atoms with Gasteiger partial charge >= 0.3 is 5.97 Å². The van der Waals surface area contributed by atoms with E-state index in [1.807, 2.05) is 0 Å². The lowest BCUT2D eigenvalue weighted by Gasteiger charge is -2.61. The highest BCUT2D eigenvalue weighted by atomic mass is 16.5. The summed E-state index contributed by atoms with van der Waals surface area (Å²) in [5.41, 5.74) is 0.739. The molecule has 5 heteroatoms. The molecule has 0 aromatic rings. The van der Waals surface area contributed by atoms with Gasteiger partial charge in [-0.2, -0.15) is 0 Å². The number of hydrogen-bond donors (Lipinski definition) is 2. The second-order valence-electron chi connectivity index (χ2n) is 10.1. The lowest BCUT2D eigenvalue weighted by molar-refractivity contribution is -0.200. The Morgan fingerprint density at radius 3 is 2.75 bits per heavy atom. The maximum atomic E-state index is 12.4. The van der Waals surface area contributed by atoms with Crippen molar-refractivity contribution in [2.24, 2.45) is 28.6 Å². The van der Waals surface area contributed by atoms with Gasteiger partial charge in [-0.15, -0.1) is 0 Å². The molecule has 7 atom stereocenters. The zero-order valence-corrected chi connectivity index (χ0v) is 16.5. The molecule has 0 amide bonds. The van der Waals surface area contributed by atoms with E-state index in [4.69, 9.17) is 4.74 Å². The first-order valence-corrected chi connectivity index (χ1v) is 10.8. The van der Waals surface area contributed by atoms with Crippen LogP contribution in [-0.2, 0) is 14.3 Å². The summed E-state index contributed by atoms with van der Waals surface area (Å²) in [7, 11) is 0. The molecule has 28 heavy (non-hydrogen) atoms. The highest BCUT2D eigenvalue weighted by Gasteiger charge is 2.65. The molecule has 1 heterocycles. The van der Waals surface area contributed by atoms with Crippen molar-refractivity contribution in [3.63, 3.8) is 0 Å². The molecule has 1 aliphatic heterocycles. The molecular weight excluding hydrogens is 356 g/mol. The smallest absolute Gasteiger partial charge is 0.331 e. The normalized spacial score (nSPS) is 50.0. The summed E-state index contributed by atoms with van der Waals surface area (Å²) >= 11 is 0. The van der Waals surface area contributed by atoms with Crippen molar-refractivity contribution in [3.05, 3.63) is 23.3 Å². The average molecular weight is 386 g/mol. The van der Waals surface area contributed by atoms with E-state index in [0.29, 0.717) is 44.1 Å². The Hall–Kier alpha value is -1.46. The van der Waals surface area contributed by atoms with E-state index in [1.165, 1.54) is 5.57 Å². The number of esters is 1. The number of aliphatic hydroxyl groups is 2. The fourth-order valence-electron chi connectivity index (χ4n) is 7.67. The van der Waals surface area contributed by atoms with Gasteiger partial charge in [-0.05, 0) is 73.7 Å². The van der Waals surface area contributed by atoms with Crippen LogP contribution in [0.3, 0.4) is 0 Å². The van der Waals surface area contributed by atoms with Gasteiger partial charge in [-0.1, -0.05) is 18.6 Å². The molecule has 5 nitrogen and oxygen atoms in total. The molecule has 4 aliphatic carbocycles. The minimum absolute atomic E-state index is 0.00862. The molecule has 0 aromatic carbocycles. The van der Waals surface area contributed by atoms with Crippen molar-refractivity contribution < 1.29 is 24.5 Å². The summed E-state index contributed by atoms with van der Waals surface area (Å²) < 4.78 is 5.18. The number of aliphatic hydroxyl groups excluding tert-OH is 1. The topological polar surface area (TPSA) is 83.8 Å². The van der Waals surface area contributed by atoms with Gasteiger partial charge in [0.05, 0.1) is 17.1 Å². The Balaban J connectivity index is 1.48. The largest absolute Gasteiger partial charge is 0.458 e. The van der Waals surface area contributed by atoms with Crippen LogP contribution in [0.25, 0.3) is 0 Å². The number of aldehydes is 1. The summed E-state index contributed by atoms with van der Waals surface area (Å²) in [4.78, 5) is 24.0. The number of carbonyl (C=O) groups excluding carboxylic acids is 2. The van der Waals surface area contributed by atoms with Gasteiger partial charge in [-0.25, -0.2) is 4.79 Å². The summed E-state index contributed by atoms with van der Waals surface area (Å²) in [6.07, 6.45) is 10.3. The highest BCUT2D eigenvalue weighted by molar-refractivity contribution is 5.85. The van der Waals surface area contributed by atoms with Gasteiger partial charge in [0.25, 0.3) is 0 Å². The van der Waals surface area contributed by atoms with Gasteiger partial charge in [0.2, 0.25) is 0 Å². The number of fused-ring (bicyclic) bond motifs is 5. The van der Waals surface area contributed by atoms with Gasteiger partial charge in [0.1, 0.15) is 12.9 Å².